The lowest BCUT2D eigenvalue weighted by atomic mass is 9.90. The van der Waals surface area contributed by atoms with Crippen LogP contribution in [-0.2, 0) is 11.2 Å². The first-order chi connectivity index (χ1) is 11.2. The zero-order valence-corrected chi connectivity index (χ0v) is 13.9. The molecule has 1 saturated heterocycles. The van der Waals surface area contributed by atoms with Crippen LogP contribution in [0.1, 0.15) is 37.7 Å². The van der Waals surface area contributed by atoms with Crippen LogP contribution in [0.15, 0.2) is 24.3 Å². The summed E-state index contributed by atoms with van der Waals surface area (Å²) in [6.45, 7) is 4.31. The van der Waals surface area contributed by atoms with E-state index in [9.17, 15) is 4.79 Å². The third kappa shape index (κ3) is 4.71. The molecule has 1 fully saturated rings. The van der Waals surface area contributed by atoms with Crippen molar-refractivity contribution in [2.45, 2.75) is 38.5 Å². The van der Waals surface area contributed by atoms with Gasteiger partial charge in [-0.15, -0.1) is 0 Å². The smallest absolute Gasteiger partial charge is 0.217 e. The lowest BCUT2D eigenvalue weighted by Crippen LogP contribution is -2.38. The zero-order valence-electron chi connectivity index (χ0n) is 13.9. The topological polar surface area (TPSA) is 55.6 Å². The quantitative estimate of drug-likeness (QED) is 0.908. The van der Waals surface area contributed by atoms with Gasteiger partial charge in [0, 0.05) is 13.0 Å². The molecule has 1 amide bonds. The Kier molecular flexibility index (Phi) is 5.55. The van der Waals surface area contributed by atoms with Crippen molar-refractivity contribution >= 4 is 5.91 Å². The lowest BCUT2D eigenvalue weighted by molar-refractivity contribution is -0.118. The number of rotatable bonds is 5. The fourth-order valence-electron chi connectivity index (χ4n) is 3.89. The maximum atomic E-state index is 10.9. The zero-order chi connectivity index (χ0) is 16.1. The molecule has 1 aromatic rings. The first-order valence-electron chi connectivity index (χ1n) is 8.92. The summed E-state index contributed by atoms with van der Waals surface area (Å²) in [4.78, 5) is 13.5. The first-order valence-corrected chi connectivity index (χ1v) is 8.92. The van der Waals surface area contributed by atoms with E-state index in [1.165, 1.54) is 24.9 Å². The van der Waals surface area contributed by atoms with E-state index in [1.54, 1.807) is 0 Å². The Morgan fingerprint density at radius 1 is 1.17 bits per heavy atom. The van der Waals surface area contributed by atoms with Crippen molar-refractivity contribution in [3.8, 4) is 5.75 Å². The van der Waals surface area contributed by atoms with E-state index in [1.807, 2.05) is 0 Å². The Labute approximate surface area is 139 Å². The summed E-state index contributed by atoms with van der Waals surface area (Å²) >= 11 is 0. The molecule has 2 aliphatic heterocycles. The second-order valence-electron chi connectivity index (χ2n) is 7.06. The average Bonchev–Trinajstić information content (AvgIpc) is 2.76. The number of piperidine rings is 1. The minimum atomic E-state index is -0.162. The van der Waals surface area contributed by atoms with E-state index in [4.69, 9.17) is 10.5 Å². The van der Waals surface area contributed by atoms with Gasteiger partial charge in [0.25, 0.3) is 0 Å². The molecule has 23 heavy (non-hydrogen) atoms. The van der Waals surface area contributed by atoms with Crippen molar-refractivity contribution in [1.29, 1.82) is 0 Å². The van der Waals surface area contributed by atoms with E-state index in [0.717, 1.165) is 44.7 Å². The number of ether oxygens (including phenoxy) is 1. The molecule has 2 heterocycles. The average molecular weight is 316 g/mol. The molecule has 4 nitrogen and oxygen atoms in total. The summed E-state index contributed by atoms with van der Waals surface area (Å²) in [5.41, 5.74) is 6.61. The number of para-hydroxylation sites is 1. The molecule has 0 aliphatic carbocycles. The van der Waals surface area contributed by atoms with Crippen LogP contribution < -0.4 is 10.5 Å². The molecule has 1 aromatic carbocycles. The van der Waals surface area contributed by atoms with Crippen LogP contribution >= 0.6 is 0 Å². The number of carbonyl (C=O) groups is 1. The molecule has 1 unspecified atom stereocenters. The van der Waals surface area contributed by atoms with Gasteiger partial charge >= 0.3 is 0 Å². The molecular weight excluding hydrogens is 288 g/mol. The number of carbonyl (C=O) groups excluding carboxylic acids is 1. The fourth-order valence-corrected chi connectivity index (χ4v) is 3.89. The van der Waals surface area contributed by atoms with E-state index in [-0.39, 0.29) is 5.91 Å². The van der Waals surface area contributed by atoms with Gasteiger partial charge in [-0.2, -0.15) is 0 Å². The molecule has 3 rings (SSSR count). The minimum absolute atomic E-state index is 0.162. The molecule has 0 spiro atoms. The van der Waals surface area contributed by atoms with E-state index in [0.29, 0.717) is 18.3 Å². The number of fused-ring (bicyclic) bond motifs is 1. The molecule has 0 saturated carbocycles. The van der Waals surface area contributed by atoms with E-state index in [2.05, 4.69) is 29.2 Å². The van der Waals surface area contributed by atoms with Crippen LogP contribution in [0.25, 0.3) is 0 Å². The number of nitrogens with zero attached hydrogens (tertiary/aromatic N) is 1. The van der Waals surface area contributed by atoms with Gasteiger partial charge in [0.1, 0.15) is 5.75 Å². The highest BCUT2D eigenvalue weighted by Gasteiger charge is 2.24. The molecule has 126 valence electrons. The molecule has 2 N–H and O–H groups in total. The Balaban J connectivity index is 1.46. The molecule has 4 heteroatoms. The summed E-state index contributed by atoms with van der Waals surface area (Å²) in [5.74, 6) is 2.27. The number of hydrogen-bond donors (Lipinski definition) is 1. The number of amides is 1. The highest BCUT2D eigenvalue weighted by atomic mass is 16.5. The number of benzene rings is 1. The monoisotopic (exact) mass is 316 g/mol. The van der Waals surface area contributed by atoms with Crippen LogP contribution in [0.5, 0.6) is 5.75 Å². The third-order valence-corrected chi connectivity index (χ3v) is 5.29. The van der Waals surface area contributed by atoms with Crippen molar-refractivity contribution in [3.63, 3.8) is 0 Å². The molecule has 0 radical (unpaired) electrons. The van der Waals surface area contributed by atoms with Gasteiger partial charge in [0.2, 0.25) is 5.91 Å². The minimum Gasteiger partial charge on any atom is -0.493 e. The SMILES string of the molecule is NC(=O)CCC1CCN(CC2CCOc3ccccc3C2)CC1. The highest BCUT2D eigenvalue weighted by molar-refractivity contribution is 5.73. The van der Waals surface area contributed by atoms with Gasteiger partial charge in [0.05, 0.1) is 6.61 Å². The second kappa shape index (κ2) is 7.82. The molecule has 0 aromatic heterocycles. The predicted molar refractivity (Wildman–Crippen MR) is 91.3 cm³/mol. The standard InChI is InChI=1S/C19H28N2O2/c20-19(22)6-5-15-7-10-21(11-8-15)14-16-9-12-23-18-4-2-1-3-17(18)13-16/h1-4,15-16H,5-14H2,(H2,20,22). The highest BCUT2D eigenvalue weighted by Crippen LogP contribution is 2.28. The summed E-state index contributed by atoms with van der Waals surface area (Å²) in [7, 11) is 0. The summed E-state index contributed by atoms with van der Waals surface area (Å²) in [6, 6.07) is 8.44. The number of primary amides is 1. The van der Waals surface area contributed by atoms with Crippen LogP contribution in [-0.4, -0.2) is 37.0 Å². The molecular formula is C19H28N2O2. The van der Waals surface area contributed by atoms with Crippen molar-refractivity contribution in [2.75, 3.05) is 26.2 Å². The van der Waals surface area contributed by atoms with Gasteiger partial charge in [-0.1, -0.05) is 18.2 Å². The van der Waals surface area contributed by atoms with Crippen LogP contribution in [0.3, 0.4) is 0 Å². The normalized spacial score (nSPS) is 22.9. The Morgan fingerprint density at radius 3 is 2.74 bits per heavy atom. The van der Waals surface area contributed by atoms with Gasteiger partial charge in [-0.3, -0.25) is 4.79 Å². The van der Waals surface area contributed by atoms with Gasteiger partial charge in [0.15, 0.2) is 0 Å². The number of likely N-dealkylation sites (tertiary alicyclic amines) is 1. The van der Waals surface area contributed by atoms with Crippen LogP contribution in [0, 0.1) is 11.8 Å². The molecule has 1 atom stereocenters. The fraction of sp³-hybridized carbons (Fsp3) is 0.632. The number of nitrogens with two attached hydrogens (primary N) is 1. The second-order valence-corrected chi connectivity index (χ2v) is 7.06. The Morgan fingerprint density at radius 2 is 1.96 bits per heavy atom. The summed E-state index contributed by atoms with van der Waals surface area (Å²) in [6.07, 6.45) is 6.17. The van der Waals surface area contributed by atoms with Crippen molar-refractivity contribution < 1.29 is 9.53 Å². The first kappa shape index (κ1) is 16.3. The number of hydrogen-bond acceptors (Lipinski definition) is 3. The third-order valence-electron chi connectivity index (χ3n) is 5.29. The largest absolute Gasteiger partial charge is 0.493 e. The van der Waals surface area contributed by atoms with E-state index >= 15 is 0 Å². The van der Waals surface area contributed by atoms with Gasteiger partial charge in [-0.05, 0) is 68.7 Å². The molecule has 0 bridgehead atoms. The Bertz CT molecular complexity index is 524. The van der Waals surface area contributed by atoms with Crippen LogP contribution in [0.2, 0.25) is 0 Å². The Hall–Kier alpha value is -1.55. The lowest BCUT2D eigenvalue weighted by Gasteiger charge is -2.34. The molecule has 2 aliphatic rings. The van der Waals surface area contributed by atoms with Crippen molar-refractivity contribution in [1.82, 2.24) is 4.90 Å². The van der Waals surface area contributed by atoms with Crippen molar-refractivity contribution in [2.24, 2.45) is 17.6 Å². The predicted octanol–water partition coefficient (Wildman–Crippen LogP) is 2.61. The van der Waals surface area contributed by atoms with Gasteiger partial charge < -0.3 is 15.4 Å². The summed E-state index contributed by atoms with van der Waals surface area (Å²) < 4.78 is 5.88. The van der Waals surface area contributed by atoms with E-state index < -0.39 is 0 Å². The van der Waals surface area contributed by atoms with Crippen LogP contribution in [0.4, 0.5) is 0 Å². The maximum absolute atomic E-state index is 10.9. The maximum Gasteiger partial charge on any atom is 0.217 e. The van der Waals surface area contributed by atoms with Crippen molar-refractivity contribution in [3.05, 3.63) is 29.8 Å². The summed E-state index contributed by atoms with van der Waals surface area (Å²) in [5, 5.41) is 0. The van der Waals surface area contributed by atoms with Gasteiger partial charge in [-0.25, -0.2) is 0 Å².